The second kappa shape index (κ2) is 9.02. The molecule has 0 atom stereocenters. The summed E-state index contributed by atoms with van der Waals surface area (Å²) in [6, 6.07) is 4.78. The van der Waals surface area contributed by atoms with Gasteiger partial charge in [0, 0.05) is 0 Å². The molecule has 1 aromatic carbocycles. The van der Waals surface area contributed by atoms with E-state index in [0.29, 0.717) is 5.56 Å². The molecule has 0 fully saturated rings. The van der Waals surface area contributed by atoms with E-state index in [0.717, 1.165) is 42.1 Å². The molecule has 1 aliphatic rings. The average molecular weight is 473 g/mol. The van der Waals surface area contributed by atoms with Crippen LogP contribution in [-0.4, -0.2) is 26.8 Å². The Morgan fingerprint density at radius 3 is 1.92 bits per heavy atom. The molecule has 140 valence electrons. The summed E-state index contributed by atoms with van der Waals surface area (Å²) in [4.78, 5) is -0.0597. The third-order valence-corrected chi connectivity index (χ3v) is 23.2. The van der Waals surface area contributed by atoms with Crippen molar-refractivity contribution in [2.45, 2.75) is 77.5 Å². The standard InChI is InChI=1S/C8H4FO2S.3C4H9.Sn/c9-7-3-1-2-6-4-5-12(10,11)8(6)7;3*1-3-4-2;/h1-3,5H;3*1,3-4H2,2H3;. The summed E-state index contributed by atoms with van der Waals surface area (Å²) in [6.45, 7) is 6.59. The van der Waals surface area contributed by atoms with E-state index >= 15 is 0 Å². The topological polar surface area (TPSA) is 34.1 Å². The second-order valence-electron chi connectivity index (χ2n) is 7.28. The van der Waals surface area contributed by atoms with Gasteiger partial charge in [-0.1, -0.05) is 0 Å². The summed E-state index contributed by atoms with van der Waals surface area (Å²) < 4.78 is 44.3. The molecule has 0 amide bonds. The Bertz CT molecular complexity index is 703. The summed E-state index contributed by atoms with van der Waals surface area (Å²) in [5.74, 6) is -0.592. The normalized spacial score (nSPS) is 15.9. The van der Waals surface area contributed by atoms with E-state index in [1.54, 1.807) is 6.07 Å². The average Bonchev–Trinajstić information content (AvgIpc) is 2.87. The van der Waals surface area contributed by atoms with E-state index < -0.39 is 34.0 Å². The fourth-order valence-corrected chi connectivity index (χ4v) is 24.9. The number of benzene rings is 1. The zero-order valence-electron chi connectivity index (χ0n) is 15.8. The van der Waals surface area contributed by atoms with Crippen LogP contribution < -0.4 is 0 Å². The van der Waals surface area contributed by atoms with Gasteiger partial charge in [0.2, 0.25) is 0 Å². The minimum absolute atomic E-state index is 0.0597. The minimum atomic E-state index is -3.63. The molecule has 0 N–H and O–H groups in total. The van der Waals surface area contributed by atoms with Gasteiger partial charge in [-0.3, -0.25) is 0 Å². The first kappa shape index (κ1) is 20.9. The van der Waals surface area contributed by atoms with Crippen molar-refractivity contribution < 1.29 is 12.8 Å². The van der Waals surface area contributed by atoms with Gasteiger partial charge in [-0.25, -0.2) is 0 Å². The van der Waals surface area contributed by atoms with Gasteiger partial charge in [-0.15, -0.1) is 0 Å². The molecule has 0 saturated heterocycles. The van der Waals surface area contributed by atoms with Gasteiger partial charge in [-0.05, 0) is 0 Å². The maximum atomic E-state index is 14.3. The van der Waals surface area contributed by atoms with Crippen LogP contribution in [0.25, 0.3) is 3.59 Å². The first-order valence-corrected chi connectivity index (χ1v) is 18.7. The Balaban J connectivity index is 2.58. The van der Waals surface area contributed by atoms with Crippen molar-refractivity contribution in [3.8, 4) is 0 Å². The molecule has 25 heavy (non-hydrogen) atoms. The summed E-state index contributed by atoms with van der Waals surface area (Å²) in [7, 11) is -3.63. The summed E-state index contributed by atoms with van der Waals surface area (Å²) in [5.41, 5.74) is 0.694. The van der Waals surface area contributed by atoms with Gasteiger partial charge >= 0.3 is 157 Å². The number of fused-ring (bicyclic) bond motifs is 1. The molecule has 5 heteroatoms. The van der Waals surface area contributed by atoms with Crippen molar-refractivity contribution in [3.63, 3.8) is 0 Å². The van der Waals surface area contributed by atoms with Crippen LogP contribution >= 0.6 is 0 Å². The Morgan fingerprint density at radius 2 is 1.44 bits per heavy atom. The van der Waals surface area contributed by atoms with E-state index in [2.05, 4.69) is 20.8 Å². The van der Waals surface area contributed by atoms with Crippen molar-refractivity contribution in [2.75, 3.05) is 0 Å². The first-order chi connectivity index (χ1) is 11.9. The molecule has 0 unspecified atom stereocenters. The van der Waals surface area contributed by atoms with E-state index in [1.165, 1.54) is 24.8 Å². The van der Waals surface area contributed by atoms with Crippen LogP contribution in [0.4, 0.5) is 4.39 Å². The van der Waals surface area contributed by atoms with Crippen molar-refractivity contribution >= 4 is 31.8 Å². The van der Waals surface area contributed by atoms with Gasteiger partial charge in [0.25, 0.3) is 0 Å². The number of hydrogen-bond acceptors (Lipinski definition) is 2. The molecule has 2 nitrogen and oxygen atoms in total. The Labute approximate surface area is 156 Å². The van der Waals surface area contributed by atoms with E-state index in [4.69, 9.17) is 0 Å². The van der Waals surface area contributed by atoms with Crippen LogP contribution in [0.2, 0.25) is 13.3 Å². The number of hydrogen-bond donors (Lipinski definition) is 0. The summed E-state index contributed by atoms with van der Waals surface area (Å²) in [5, 5.41) is 1.47. The fraction of sp³-hybridized carbons (Fsp3) is 0.600. The van der Waals surface area contributed by atoms with Gasteiger partial charge in [0.05, 0.1) is 0 Å². The zero-order chi connectivity index (χ0) is 18.5. The quantitative estimate of drug-likeness (QED) is 0.372. The molecular formula is C20H31FO2SSn. The van der Waals surface area contributed by atoms with Crippen LogP contribution in [0.15, 0.2) is 28.5 Å². The molecule has 0 spiro atoms. The SMILES string of the molecule is CCC[CH2][Sn]([CH2]CCC)([CH2]CCC)[C]1=CS(=O)(=O)c2c(F)cccc21. The molecule has 0 bridgehead atoms. The molecule has 0 aliphatic carbocycles. The Kier molecular flexibility index (Phi) is 7.56. The number of rotatable bonds is 10. The number of unbranched alkanes of at least 4 members (excludes halogenated alkanes) is 3. The van der Waals surface area contributed by atoms with Crippen molar-refractivity contribution in [1.29, 1.82) is 0 Å². The third kappa shape index (κ3) is 4.49. The molecule has 0 radical (unpaired) electrons. The molecule has 0 aromatic heterocycles. The molecule has 2 rings (SSSR count). The van der Waals surface area contributed by atoms with Crippen LogP contribution in [0.3, 0.4) is 0 Å². The predicted molar refractivity (Wildman–Crippen MR) is 106 cm³/mol. The monoisotopic (exact) mass is 474 g/mol. The second-order valence-corrected chi connectivity index (χ2v) is 22.1. The predicted octanol–water partition coefficient (Wildman–Crippen LogP) is 6.34. The van der Waals surface area contributed by atoms with Gasteiger partial charge in [0.15, 0.2) is 0 Å². The third-order valence-electron chi connectivity index (χ3n) is 5.41. The van der Waals surface area contributed by atoms with Gasteiger partial charge in [0.1, 0.15) is 0 Å². The Morgan fingerprint density at radius 1 is 0.920 bits per heavy atom. The Hall–Kier alpha value is -0.361. The molecular weight excluding hydrogens is 442 g/mol. The van der Waals surface area contributed by atoms with Crippen molar-refractivity contribution in [1.82, 2.24) is 0 Å². The first-order valence-electron chi connectivity index (χ1n) is 9.68. The fourth-order valence-electron chi connectivity index (χ4n) is 4.02. The van der Waals surface area contributed by atoms with E-state index in [9.17, 15) is 12.8 Å². The number of halogens is 1. The maximum absolute atomic E-state index is 14.3. The van der Waals surface area contributed by atoms with Crippen LogP contribution in [0.5, 0.6) is 0 Å². The van der Waals surface area contributed by atoms with Crippen LogP contribution in [-0.2, 0) is 9.84 Å². The number of sulfone groups is 1. The summed E-state index contributed by atoms with van der Waals surface area (Å²) >= 11 is -2.90. The van der Waals surface area contributed by atoms with E-state index in [-0.39, 0.29) is 4.90 Å². The molecule has 1 heterocycles. The van der Waals surface area contributed by atoms with Crippen molar-refractivity contribution in [2.24, 2.45) is 0 Å². The van der Waals surface area contributed by atoms with E-state index in [1.807, 2.05) is 6.07 Å². The van der Waals surface area contributed by atoms with Crippen LogP contribution in [0.1, 0.15) is 64.9 Å². The van der Waals surface area contributed by atoms with Crippen LogP contribution in [0, 0.1) is 5.82 Å². The summed E-state index contributed by atoms with van der Waals surface area (Å²) in [6.07, 6.45) is 6.87. The van der Waals surface area contributed by atoms with Crippen molar-refractivity contribution in [3.05, 3.63) is 35.0 Å². The molecule has 1 aliphatic heterocycles. The molecule has 0 saturated carbocycles. The van der Waals surface area contributed by atoms with Gasteiger partial charge < -0.3 is 0 Å². The van der Waals surface area contributed by atoms with Gasteiger partial charge in [-0.2, -0.15) is 0 Å². The zero-order valence-corrected chi connectivity index (χ0v) is 19.4. The molecule has 1 aromatic rings.